The fourth-order valence-corrected chi connectivity index (χ4v) is 2.27. The minimum atomic E-state index is -3.57. The van der Waals surface area contributed by atoms with Gasteiger partial charge in [0.2, 0.25) is 0 Å². The molecule has 0 bridgehead atoms. The van der Waals surface area contributed by atoms with Crippen molar-refractivity contribution < 1.29 is 25.2 Å². The summed E-state index contributed by atoms with van der Waals surface area (Å²) in [4.78, 5) is 0. The summed E-state index contributed by atoms with van der Waals surface area (Å²) >= 11 is 0. The van der Waals surface area contributed by atoms with E-state index in [1.807, 2.05) is 13.0 Å². The maximum Gasteiger partial charge on any atom is 0.264 e. The zero-order chi connectivity index (χ0) is 14.2. The molecule has 0 saturated heterocycles. The molecule has 1 unspecified atom stereocenters. The molecule has 0 spiro atoms. The first-order chi connectivity index (χ1) is 8.14. The third-order valence-electron chi connectivity index (χ3n) is 1.85. The second kappa shape index (κ2) is 7.88. The summed E-state index contributed by atoms with van der Waals surface area (Å²) in [6.45, 7) is 1.86. The maximum absolute atomic E-state index is 11.0. The van der Waals surface area contributed by atoms with E-state index in [0.29, 0.717) is 6.42 Å². The van der Waals surface area contributed by atoms with Gasteiger partial charge in [0.15, 0.2) is 0 Å². The SMILES string of the molecule is CC/C=C/CC(CCOS(C)(=O)=O)OS(C)(=O)=O. The summed E-state index contributed by atoms with van der Waals surface area (Å²) in [5.41, 5.74) is 0. The van der Waals surface area contributed by atoms with Crippen molar-refractivity contribution in [3.05, 3.63) is 12.2 Å². The Hall–Kier alpha value is -0.440. The van der Waals surface area contributed by atoms with Crippen molar-refractivity contribution in [3.8, 4) is 0 Å². The lowest BCUT2D eigenvalue weighted by Crippen LogP contribution is -2.20. The Morgan fingerprint density at radius 1 is 1.06 bits per heavy atom. The van der Waals surface area contributed by atoms with Gasteiger partial charge in [-0.25, -0.2) is 0 Å². The van der Waals surface area contributed by atoms with Crippen molar-refractivity contribution in [1.29, 1.82) is 0 Å². The summed E-state index contributed by atoms with van der Waals surface area (Å²) in [5, 5.41) is 0. The Kier molecular flexibility index (Phi) is 7.69. The van der Waals surface area contributed by atoms with Gasteiger partial charge in [-0.1, -0.05) is 19.1 Å². The molecule has 0 aliphatic heterocycles. The summed E-state index contributed by atoms with van der Waals surface area (Å²) in [7, 11) is -7.08. The summed E-state index contributed by atoms with van der Waals surface area (Å²) in [6.07, 6.45) is 6.40. The number of hydrogen-bond acceptors (Lipinski definition) is 6. The molecule has 0 heterocycles. The third kappa shape index (κ3) is 12.0. The van der Waals surface area contributed by atoms with Gasteiger partial charge in [-0.05, 0) is 12.8 Å². The highest BCUT2D eigenvalue weighted by Gasteiger charge is 2.15. The summed E-state index contributed by atoms with van der Waals surface area (Å²) in [6, 6.07) is 0. The van der Waals surface area contributed by atoms with Crippen molar-refractivity contribution >= 4 is 20.2 Å². The van der Waals surface area contributed by atoms with Gasteiger partial charge in [-0.2, -0.15) is 16.8 Å². The van der Waals surface area contributed by atoms with E-state index in [0.717, 1.165) is 18.9 Å². The lowest BCUT2D eigenvalue weighted by molar-refractivity contribution is 0.174. The van der Waals surface area contributed by atoms with Gasteiger partial charge >= 0.3 is 0 Å². The predicted octanol–water partition coefficient (Wildman–Crippen LogP) is 1.05. The quantitative estimate of drug-likeness (QED) is 0.467. The lowest BCUT2D eigenvalue weighted by Gasteiger charge is -2.14. The first-order valence-electron chi connectivity index (χ1n) is 5.51. The molecule has 18 heavy (non-hydrogen) atoms. The average Bonchev–Trinajstić information content (AvgIpc) is 2.13. The molecule has 0 fully saturated rings. The minimum absolute atomic E-state index is 0.0982. The molecule has 0 saturated carbocycles. The van der Waals surface area contributed by atoms with E-state index in [1.165, 1.54) is 0 Å². The predicted molar refractivity (Wildman–Crippen MR) is 69.2 cm³/mol. The zero-order valence-electron chi connectivity index (χ0n) is 10.8. The standard InChI is InChI=1S/C10H20O6S2/c1-4-5-6-7-10(16-18(3,13)14)8-9-15-17(2,11)12/h5-6,10H,4,7-9H2,1-3H3/b6-5+. The molecular formula is C10H20O6S2. The lowest BCUT2D eigenvalue weighted by atomic mass is 10.2. The Balaban J connectivity index is 4.34. The van der Waals surface area contributed by atoms with Crippen LogP contribution in [0.1, 0.15) is 26.2 Å². The van der Waals surface area contributed by atoms with Crippen LogP contribution in [0.25, 0.3) is 0 Å². The Bertz CT molecular complexity index is 449. The van der Waals surface area contributed by atoms with E-state index >= 15 is 0 Å². The molecule has 8 heteroatoms. The van der Waals surface area contributed by atoms with Gasteiger partial charge in [0.1, 0.15) is 0 Å². The molecule has 0 amide bonds. The van der Waals surface area contributed by atoms with Crippen LogP contribution in [-0.4, -0.2) is 42.1 Å². The average molecular weight is 300 g/mol. The first kappa shape index (κ1) is 17.6. The smallest absolute Gasteiger partial charge is 0.264 e. The van der Waals surface area contributed by atoms with Gasteiger partial charge < -0.3 is 0 Å². The number of hydrogen-bond donors (Lipinski definition) is 0. The normalized spacial score (nSPS) is 15.1. The fraction of sp³-hybridized carbons (Fsp3) is 0.800. The molecule has 0 aromatic carbocycles. The van der Waals surface area contributed by atoms with Crippen LogP contribution in [0.3, 0.4) is 0 Å². The number of allylic oxidation sites excluding steroid dienone is 1. The molecule has 0 N–H and O–H groups in total. The zero-order valence-corrected chi connectivity index (χ0v) is 12.5. The summed E-state index contributed by atoms with van der Waals surface area (Å²) < 4.78 is 53.0. The van der Waals surface area contributed by atoms with Crippen molar-refractivity contribution in [2.24, 2.45) is 0 Å². The van der Waals surface area contributed by atoms with Gasteiger partial charge in [0.25, 0.3) is 20.2 Å². The topological polar surface area (TPSA) is 86.7 Å². The molecule has 108 valence electrons. The van der Waals surface area contributed by atoms with Gasteiger partial charge in [-0.15, -0.1) is 0 Å². The van der Waals surface area contributed by atoms with E-state index in [2.05, 4.69) is 4.18 Å². The van der Waals surface area contributed by atoms with Gasteiger partial charge in [-0.3, -0.25) is 8.37 Å². The van der Waals surface area contributed by atoms with Crippen LogP contribution < -0.4 is 0 Å². The number of rotatable bonds is 9. The van der Waals surface area contributed by atoms with Crippen molar-refractivity contribution in [3.63, 3.8) is 0 Å². The molecule has 0 rings (SSSR count). The van der Waals surface area contributed by atoms with Crippen molar-refractivity contribution in [2.75, 3.05) is 19.1 Å². The Morgan fingerprint density at radius 3 is 2.11 bits per heavy atom. The van der Waals surface area contributed by atoms with Crippen LogP contribution in [0.15, 0.2) is 12.2 Å². The largest absolute Gasteiger partial charge is 0.270 e. The highest BCUT2D eigenvalue weighted by molar-refractivity contribution is 7.86. The van der Waals surface area contributed by atoms with Crippen LogP contribution in [0.5, 0.6) is 0 Å². The van der Waals surface area contributed by atoms with E-state index in [9.17, 15) is 16.8 Å². The molecule has 0 aliphatic carbocycles. The van der Waals surface area contributed by atoms with E-state index in [-0.39, 0.29) is 13.0 Å². The third-order valence-corrected chi connectivity index (χ3v) is 3.07. The van der Waals surface area contributed by atoms with Crippen LogP contribution >= 0.6 is 0 Å². The molecule has 0 radical (unpaired) electrons. The first-order valence-corrected chi connectivity index (χ1v) is 9.15. The fourth-order valence-electron chi connectivity index (χ4n) is 1.20. The molecular weight excluding hydrogens is 280 g/mol. The van der Waals surface area contributed by atoms with E-state index in [1.54, 1.807) is 6.08 Å². The van der Waals surface area contributed by atoms with Crippen LogP contribution in [0, 0.1) is 0 Å². The summed E-state index contributed by atoms with van der Waals surface area (Å²) in [5.74, 6) is 0. The highest BCUT2D eigenvalue weighted by Crippen LogP contribution is 2.10. The van der Waals surface area contributed by atoms with Crippen molar-refractivity contribution in [2.45, 2.75) is 32.3 Å². The van der Waals surface area contributed by atoms with E-state index in [4.69, 9.17) is 4.18 Å². The highest BCUT2D eigenvalue weighted by atomic mass is 32.2. The minimum Gasteiger partial charge on any atom is -0.270 e. The maximum atomic E-state index is 11.0. The molecule has 0 aromatic rings. The Labute approximate surface area is 109 Å². The van der Waals surface area contributed by atoms with Gasteiger partial charge in [0.05, 0.1) is 25.2 Å². The van der Waals surface area contributed by atoms with Gasteiger partial charge in [0, 0.05) is 6.42 Å². The molecule has 1 atom stereocenters. The second-order valence-corrected chi connectivity index (χ2v) is 7.10. The molecule has 6 nitrogen and oxygen atoms in total. The van der Waals surface area contributed by atoms with Crippen LogP contribution in [-0.2, 0) is 28.6 Å². The van der Waals surface area contributed by atoms with Crippen LogP contribution in [0.2, 0.25) is 0 Å². The van der Waals surface area contributed by atoms with Crippen LogP contribution in [0.4, 0.5) is 0 Å². The molecule has 0 aromatic heterocycles. The van der Waals surface area contributed by atoms with Crippen molar-refractivity contribution in [1.82, 2.24) is 0 Å². The second-order valence-electron chi connectivity index (χ2n) is 3.85. The Morgan fingerprint density at radius 2 is 1.67 bits per heavy atom. The molecule has 0 aliphatic rings. The monoisotopic (exact) mass is 300 g/mol. The van der Waals surface area contributed by atoms with E-state index < -0.39 is 26.3 Å².